The molecule has 0 aromatic carbocycles. The predicted octanol–water partition coefficient (Wildman–Crippen LogP) is -0.830. The first-order chi connectivity index (χ1) is 35.1. The third kappa shape index (κ3) is 9.50. The lowest BCUT2D eigenvalue weighted by atomic mass is 9.33. The maximum Gasteiger partial charge on any atom is 0.310 e. The highest BCUT2D eigenvalue weighted by atomic mass is 16.8. The molecule has 0 aromatic heterocycles. The third-order valence-electron chi connectivity index (χ3n) is 21.2. The maximum absolute atomic E-state index is 13.2. The van der Waals surface area contributed by atoms with Crippen molar-refractivity contribution in [1.82, 2.24) is 0 Å². The van der Waals surface area contributed by atoms with E-state index in [4.69, 9.17) is 37.9 Å². The zero-order valence-corrected chi connectivity index (χ0v) is 44.2. The molecule has 8 fully saturated rings. The molecule has 0 bridgehead atoms. The number of aliphatic hydroxyl groups excluding tert-OH is 12. The summed E-state index contributed by atoms with van der Waals surface area (Å²) in [5.74, 6) is -0.430. The summed E-state index contributed by atoms with van der Waals surface area (Å²) in [6.45, 7) is 13.2. The van der Waals surface area contributed by atoms with Crippen LogP contribution >= 0.6 is 0 Å². The van der Waals surface area contributed by atoms with E-state index in [9.17, 15) is 71.2 Å². The summed E-state index contributed by atoms with van der Waals surface area (Å²) in [5.41, 5.74) is -0.679. The molecule has 9 rings (SSSR count). The number of carbonyl (C=O) groups is 1. The molecular formula is C53H86O22. The van der Waals surface area contributed by atoms with Crippen LogP contribution in [0.1, 0.15) is 113 Å². The largest absolute Gasteiger partial charge is 0.481 e. The molecule has 4 heterocycles. The van der Waals surface area contributed by atoms with Gasteiger partial charge in [0, 0.05) is 5.41 Å². The Kier molecular flexibility index (Phi) is 16.3. The van der Waals surface area contributed by atoms with Crippen molar-refractivity contribution in [2.75, 3.05) is 26.4 Å². The standard InChI is InChI=1S/C53H86O22/c1-23-32(56)38(62)42(75-45-41(65)37(61)34(58)27(72-45)20-68-43-40(64)36(60)33(57)26(19-54)71-43)46(70-23)73-28-21-69-44(39(63)35(28)59)74-31-11-12-49(4)29(50(31,5)22-55)10-13-52(7)30(49)9-8-24-25-18-48(2,3)14-16-53(25,47(66)67)17-15-51(24,52)6/h8,23,25-46,54-65H,9-22H2,1-7H3,(H,66,67)/t23-,25?,26-,27-,28+,29?,30?,31?,32+,33-,34-,35+,36-,37-,38-,39-,40-,41-,42-,43-,44+,45+,46+,49?,50?,51?,52?,53?/m1/s1. The summed E-state index contributed by atoms with van der Waals surface area (Å²) >= 11 is 0. The first-order valence-electron chi connectivity index (χ1n) is 27.3. The molecule has 28 atom stereocenters. The lowest BCUT2D eigenvalue weighted by Crippen LogP contribution is -2.67. The molecular weight excluding hydrogens is 989 g/mol. The Hall–Kier alpha value is -1.59. The molecule has 0 radical (unpaired) electrons. The molecule has 22 nitrogen and oxygen atoms in total. The smallest absolute Gasteiger partial charge is 0.310 e. The van der Waals surface area contributed by atoms with Crippen LogP contribution in [0.4, 0.5) is 0 Å². The fourth-order valence-electron chi connectivity index (χ4n) is 16.2. The molecule has 4 saturated heterocycles. The van der Waals surface area contributed by atoms with Crippen LogP contribution in [0.15, 0.2) is 11.6 Å². The van der Waals surface area contributed by atoms with Gasteiger partial charge in [0.15, 0.2) is 25.2 Å². The summed E-state index contributed by atoms with van der Waals surface area (Å²) in [6, 6.07) is 0. The number of aliphatic carboxylic acids is 1. The second-order valence-corrected chi connectivity index (χ2v) is 25.7. The summed E-state index contributed by atoms with van der Waals surface area (Å²) in [5, 5.41) is 141. The number of rotatable bonds is 12. The van der Waals surface area contributed by atoms with E-state index in [0.717, 1.165) is 44.9 Å². The molecule has 0 spiro atoms. The highest BCUT2D eigenvalue weighted by Crippen LogP contribution is 2.76. The number of allylic oxidation sites excluding steroid dienone is 2. The number of carboxylic acids is 1. The Morgan fingerprint density at radius 2 is 1.28 bits per heavy atom. The molecule has 13 N–H and O–H groups in total. The van der Waals surface area contributed by atoms with Crippen LogP contribution in [0.5, 0.6) is 0 Å². The van der Waals surface area contributed by atoms with Crippen LogP contribution in [0.25, 0.3) is 0 Å². The maximum atomic E-state index is 13.2. The van der Waals surface area contributed by atoms with Crippen molar-refractivity contribution in [1.29, 1.82) is 0 Å². The van der Waals surface area contributed by atoms with Crippen molar-refractivity contribution >= 4 is 5.97 Å². The average Bonchev–Trinajstić information content (AvgIpc) is 3.45. The number of carboxylic acid groups (broad SMARTS) is 1. The molecule has 4 saturated carbocycles. The number of fused-ring (bicyclic) bond motifs is 7. The van der Waals surface area contributed by atoms with Gasteiger partial charge >= 0.3 is 5.97 Å². The quantitative estimate of drug-likeness (QED) is 0.0838. The van der Waals surface area contributed by atoms with Gasteiger partial charge in [-0.05, 0) is 111 Å². The topological polar surface area (TPSA) is 354 Å². The number of aliphatic hydroxyl groups is 12. The Morgan fingerprint density at radius 1 is 0.640 bits per heavy atom. The molecule has 0 aromatic rings. The highest BCUT2D eigenvalue weighted by Gasteiger charge is 2.70. The summed E-state index contributed by atoms with van der Waals surface area (Å²) in [4.78, 5) is 13.2. The van der Waals surface area contributed by atoms with Crippen molar-refractivity contribution < 1.29 is 109 Å². The molecule has 4 aliphatic heterocycles. The fourth-order valence-corrected chi connectivity index (χ4v) is 16.2. The van der Waals surface area contributed by atoms with E-state index in [-0.39, 0.29) is 52.6 Å². The van der Waals surface area contributed by atoms with E-state index in [1.807, 2.05) is 6.92 Å². The van der Waals surface area contributed by atoms with E-state index in [1.165, 1.54) is 12.5 Å². The van der Waals surface area contributed by atoms with E-state index in [1.54, 1.807) is 0 Å². The van der Waals surface area contributed by atoms with Gasteiger partial charge < -0.3 is 104 Å². The van der Waals surface area contributed by atoms with Crippen LogP contribution in [-0.4, -0.2) is 222 Å². The summed E-state index contributed by atoms with van der Waals surface area (Å²) in [6.07, 6.45) is -21.7. The van der Waals surface area contributed by atoms with Crippen LogP contribution in [0, 0.1) is 50.2 Å². The minimum Gasteiger partial charge on any atom is -0.481 e. The molecule has 9 unspecified atom stereocenters. The van der Waals surface area contributed by atoms with Crippen molar-refractivity contribution in [3.8, 4) is 0 Å². The third-order valence-corrected chi connectivity index (χ3v) is 21.2. The lowest BCUT2D eigenvalue weighted by Gasteiger charge is -2.71. The Bertz CT molecular complexity index is 2060. The van der Waals surface area contributed by atoms with Crippen molar-refractivity contribution in [3.05, 3.63) is 11.6 Å². The van der Waals surface area contributed by atoms with Gasteiger partial charge in [0.2, 0.25) is 0 Å². The minimum atomic E-state index is -1.98. The number of hydrogen-bond acceptors (Lipinski definition) is 21. The molecule has 5 aliphatic carbocycles. The van der Waals surface area contributed by atoms with Gasteiger partial charge in [0.05, 0.1) is 44.1 Å². The second-order valence-electron chi connectivity index (χ2n) is 25.7. The minimum absolute atomic E-state index is 0.00729. The van der Waals surface area contributed by atoms with Gasteiger partial charge in [-0.1, -0.05) is 53.2 Å². The van der Waals surface area contributed by atoms with Crippen LogP contribution in [0.3, 0.4) is 0 Å². The van der Waals surface area contributed by atoms with Crippen molar-refractivity contribution in [2.45, 2.75) is 235 Å². The van der Waals surface area contributed by atoms with Crippen molar-refractivity contribution in [3.63, 3.8) is 0 Å². The normalized spacial score (nSPS) is 54.9. The predicted molar refractivity (Wildman–Crippen MR) is 257 cm³/mol. The first kappa shape index (κ1) is 58.1. The van der Waals surface area contributed by atoms with Crippen LogP contribution in [0.2, 0.25) is 0 Å². The zero-order chi connectivity index (χ0) is 54.7. The van der Waals surface area contributed by atoms with Gasteiger partial charge in [-0.3, -0.25) is 4.79 Å². The Balaban J connectivity index is 0.858. The van der Waals surface area contributed by atoms with E-state index < -0.39 is 153 Å². The SMILES string of the molecule is C[C@H]1O[C@@H](O[C@H]2CO[C@@H](OC3CCC4(C)C(CCC5(C)C4CC=C4C6CC(C)(C)CCC6(C(=O)O)CCC45C)C3(C)CO)[C@H](O)[C@H]2O)[C@H](O[C@@H]2O[C@H](CO[C@@H]3O[C@H](CO)[C@@H](O)[C@@H](O)[C@H]3O)[C@@H](O)[C@@H](O)[C@H]2O)[C@H](O)[C@H]1O. The molecule has 22 heteroatoms. The number of hydrogen-bond donors (Lipinski definition) is 13. The first-order valence-corrected chi connectivity index (χ1v) is 27.3. The zero-order valence-electron chi connectivity index (χ0n) is 44.2. The Labute approximate surface area is 437 Å². The average molecular weight is 1080 g/mol. The lowest BCUT2D eigenvalue weighted by molar-refractivity contribution is -0.384. The highest BCUT2D eigenvalue weighted by molar-refractivity contribution is 5.76. The van der Waals surface area contributed by atoms with Gasteiger partial charge in [0.25, 0.3) is 0 Å². The summed E-state index contributed by atoms with van der Waals surface area (Å²) in [7, 11) is 0. The van der Waals surface area contributed by atoms with Gasteiger partial charge in [-0.15, -0.1) is 0 Å². The fraction of sp³-hybridized carbons (Fsp3) is 0.943. The van der Waals surface area contributed by atoms with Gasteiger partial charge in [0.1, 0.15) is 85.5 Å². The molecule has 75 heavy (non-hydrogen) atoms. The Morgan fingerprint density at radius 3 is 1.95 bits per heavy atom. The molecule has 9 aliphatic rings. The second kappa shape index (κ2) is 21.1. The van der Waals surface area contributed by atoms with Crippen molar-refractivity contribution in [2.24, 2.45) is 50.2 Å². The van der Waals surface area contributed by atoms with Gasteiger partial charge in [-0.25, -0.2) is 0 Å². The van der Waals surface area contributed by atoms with E-state index in [2.05, 4.69) is 40.7 Å². The van der Waals surface area contributed by atoms with E-state index >= 15 is 0 Å². The van der Waals surface area contributed by atoms with E-state index in [0.29, 0.717) is 19.3 Å². The number of ether oxygens (including phenoxy) is 8. The van der Waals surface area contributed by atoms with Gasteiger partial charge in [-0.2, -0.15) is 0 Å². The molecule has 0 amide bonds. The van der Waals surface area contributed by atoms with Crippen LogP contribution < -0.4 is 0 Å². The molecule has 430 valence electrons. The monoisotopic (exact) mass is 1070 g/mol. The van der Waals surface area contributed by atoms with Crippen LogP contribution in [-0.2, 0) is 42.7 Å². The summed E-state index contributed by atoms with van der Waals surface area (Å²) < 4.78 is 47.3.